The molecule has 0 bridgehead atoms. The van der Waals surface area contributed by atoms with Gasteiger partial charge in [0.1, 0.15) is 0 Å². The van der Waals surface area contributed by atoms with Gasteiger partial charge in [0.25, 0.3) is 0 Å². The van der Waals surface area contributed by atoms with Crippen molar-refractivity contribution in [2.45, 2.75) is 18.6 Å². The molecule has 1 aromatic rings. The van der Waals surface area contributed by atoms with Gasteiger partial charge in [0.2, 0.25) is 5.91 Å². The third kappa shape index (κ3) is 4.06. The fraction of sp³-hybridized carbons (Fsp3) is 0.533. The van der Waals surface area contributed by atoms with Crippen LogP contribution >= 0.6 is 23.4 Å². The summed E-state index contributed by atoms with van der Waals surface area (Å²) < 4.78 is 0. The van der Waals surface area contributed by atoms with Gasteiger partial charge in [-0.05, 0) is 49.8 Å². The Kier molecular flexibility index (Phi) is 5.61. The minimum Gasteiger partial charge on any atom is -0.371 e. The van der Waals surface area contributed by atoms with Crippen LogP contribution in [0.2, 0.25) is 5.02 Å². The highest BCUT2D eigenvalue weighted by molar-refractivity contribution is 7.99. The molecular formula is C15H21ClN2OS. The second kappa shape index (κ2) is 7.23. The minimum atomic E-state index is 0.0313. The van der Waals surface area contributed by atoms with E-state index in [9.17, 15) is 4.79 Å². The number of thioether (sulfide) groups is 1. The summed E-state index contributed by atoms with van der Waals surface area (Å²) >= 11 is 7.49. The molecule has 1 saturated heterocycles. The van der Waals surface area contributed by atoms with Gasteiger partial charge in [0, 0.05) is 30.3 Å². The number of rotatable bonds is 5. The molecule has 0 radical (unpaired) electrons. The zero-order valence-corrected chi connectivity index (χ0v) is 13.5. The van der Waals surface area contributed by atoms with Gasteiger partial charge in [0.05, 0.1) is 5.25 Å². The lowest BCUT2D eigenvalue weighted by Gasteiger charge is -2.19. The summed E-state index contributed by atoms with van der Waals surface area (Å²) in [6.45, 7) is 4.75. The Morgan fingerprint density at radius 1 is 1.50 bits per heavy atom. The summed E-state index contributed by atoms with van der Waals surface area (Å²) in [4.78, 5) is 14.1. The molecule has 20 heavy (non-hydrogen) atoms. The van der Waals surface area contributed by atoms with Crippen molar-refractivity contribution < 1.29 is 4.79 Å². The fourth-order valence-electron chi connectivity index (χ4n) is 2.38. The Labute approximate surface area is 130 Å². The molecule has 3 nitrogen and oxygen atoms in total. The van der Waals surface area contributed by atoms with Crippen LogP contribution in [0.4, 0.5) is 5.69 Å². The van der Waals surface area contributed by atoms with Crippen LogP contribution < -0.4 is 10.2 Å². The van der Waals surface area contributed by atoms with Crippen molar-refractivity contribution in [3.05, 3.63) is 29.3 Å². The molecule has 2 unspecified atom stereocenters. The van der Waals surface area contributed by atoms with Gasteiger partial charge in [-0.1, -0.05) is 11.6 Å². The molecular weight excluding hydrogens is 292 g/mol. The summed E-state index contributed by atoms with van der Waals surface area (Å²) in [5, 5.41) is 3.85. The second-order valence-corrected chi connectivity index (χ2v) is 6.82. The summed E-state index contributed by atoms with van der Waals surface area (Å²) in [6.07, 6.45) is 3.08. The van der Waals surface area contributed by atoms with Crippen molar-refractivity contribution in [2.24, 2.45) is 5.92 Å². The molecule has 1 fully saturated rings. The van der Waals surface area contributed by atoms with Crippen LogP contribution in [0.3, 0.4) is 0 Å². The van der Waals surface area contributed by atoms with Crippen LogP contribution in [0.1, 0.15) is 13.3 Å². The fourth-order valence-corrected chi connectivity index (χ4v) is 2.80. The van der Waals surface area contributed by atoms with Crippen molar-refractivity contribution in [1.29, 1.82) is 0 Å². The molecule has 2 rings (SSSR count). The molecule has 1 aromatic carbocycles. The average molecular weight is 313 g/mol. The Morgan fingerprint density at radius 2 is 2.20 bits per heavy atom. The zero-order chi connectivity index (χ0) is 14.5. The van der Waals surface area contributed by atoms with Crippen molar-refractivity contribution >= 4 is 35.0 Å². The zero-order valence-electron chi connectivity index (χ0n) is 11.9. The lowest BCUT2D eigenvalue weighted by Crippen LogP contribution is -2.35. The SMILES string of the molecule is CSC(C)C(=O)NCC1CCN(c2ccc(Cl)cc2)C1. The van der Waals surface area contributed by atoms with E-state index in [0.29, 0.717) is 5.92 Å². The van der Waals surface area contributed by atoms with E-state index < -0.39 is 0 Å². The van der Waals surface area contributed by atoms with Gasteiger partial charge >= 0.3 is 0 Å². The molecule has 2 atom stereocenters. The number of hydrogen-bond acceptors (Lipinski definition) is 3. The monoisotopic (exact) mass is 312 g/mol. The first-order valence-electron chi connectivity index (χ1n) is 6.91. The molecule has 1 N–H and O–H groups in total. The highest BCUT2D eigenvalue weighted by atomic mass is 35.5. The minimum absolute atomic E-state index is 0.0313. The lowest BCUT2D eigenvalue weighted by atomic mass is 10.1. The van der Waals surface area contributed by atoms with Crippen molar-refractivity contribution in [2.75, 3.05) is 30.8 Å². The summed E-state index contributed by atoms with van der Waals surface area (Å²) in [5.74, 6) is 0.672. The number of carbonyl (C=O) groups is 1. The number of hydrogen-bond donors (Lipinski definition) is 1. The Hall–Kier alpha value is -0.870. The van der Waals surface area contributed by atoms with Gasteiger partial charge in [0.15, 0.2) is 0 Å². The van der Waals surface area contributed by atoms with Gasteiger partial charge in [-0.3, -0.25) is 4.79 Å². The second-order valence-electron chi connectivity index (χ2n) is 5.20. The van der Waals surface area contributed by atoms with E-state index in [2.05, 4.69) is 22.3 Å². The summed E-state index contributed by atoms with van der Waals surface area (Å²) in [5.41, 5.74) is 1.21. The van der Waals surface area contributed by atoms with Crippen LogP contribution in [0.5, 0.6) is 0 Å². The van der Waals surface area contributed by atoms with Crippen LogP contribution in [0, 0.1) is 5.92 Å². The first-order valence-corrected chi connectivity index (χ1v) is 8.57. The maximum absolute atomic E-state index is 11.8. The number of amides is 1. The highest BCUT2D eigenvalue weighted by Gasteiger charge is 2.23. The predicted molar refractivity (Wildman–Crippen MR) is 87.8 cm³/mol. The quantitative estimate of drug-likeness (QED) is 0.907. The third-order valence-corrected chi connectivity index (χ3v) is 4.94. The van der Waals surface area contributed by atoms with E-state index in [-0.39, 0.29) is 11.2 Å². The maximum Gasteiger partial charge on any atom is 0.232 e. The van der Waals surface area contributed by atoms with Gasteiger partial charge in [-0.25, -0.2) is 0 Å². The number of halogens is 1. The van der Waals surface area contributed by atoms with Crippen LogP contribution in [-0.4, -0.2) is 37.0 Å². The van der Waals surface area contributed by atoms with Crippen molar-refractivity contribution in [1.82, 2.24) is 5.32 Å². The van der Waals surface area contributed by atoms with E-state index in [1.54, 1.807) is 11.8 Å². The first-order chi connectivity index (χ1) is 9.60. The number of benzene rings is 1. The lowest BCUT2D eigenvalue weighted by molar-refractivity contribution is -0.120. The first kappa shape index (κ1) is 15.5. The largest absolute Gasteiger partial charge is 0.371 e. The molecule has 1 amide bonds. The van der Waals surface area contributed by atoms with Gasteiger partial charge < -0.3 is 10.2 Å². The molecule has 1 aliphatic rings. The van der Waals surface area contributed by atoms with E-state index in [0.717, 1.165) is 31.1 Å². The number of nitrogens with one attached hydrogen (secondary N) is 1. The number of anilines is 1. The molecule has 1 aliphatic heterocycles. The maximum atomic E-state index is 11.8. The Morgan fingerprint density at radius 3 is 2.85 bits per heavy atom. The standard InChI is InChI=1S/C15H21ClN2OS/c1-11(20-2)15(19)17-9-12-7-8-18(10-12)14-5-3-13(16)4-6-14/h3-6,11-12H,7-10H2,1-2H3,(H,17,19). The predicted octanol–water partition coefficient (Wildman–Crippen LogP) is 3.03. The summed E-state index contributed by atoms with van der Waals surface area (Å²) in [6, 6.07) is 7.95. The molecule has 0 spiro atoms. The van der Waals surface area contributed by atoms with Crippen LogP contribution in [0.25, 0.3) is 0 Å². The van der Waals surface area contributed by atoms with E-state index in [4.69, 9.17) is 11.6 Å². The van der Waals surface area contributed by atoms with Gasteiger partial charge in [-0.2, -0.15) is 11.8 Å². The number of carbonyl (C=O) groups excluding carboxylic acids is 1. The van der Waals surface area contributed by atoms with Crippen molar-refractivity contribution in [3.8, 4) is 0 Å². The average Bonchev–Trinajstić information content (AvgIpc) is 2.93. The van der Waals surface area contributed by atoms with E-state index >= 15 is 0 Å². The normalized spacial score (nSPS) is 19.9. The molecule has 0 saturated carbocycles. The highest BCUT2D eigenvalue weighted by Crippen LogP contribution is 2.24. The van der Waals surface area contributed by atoms with E-state index in [1.165, 1.54) is 5.69 Å². The topological polar surface area (TPSA) is 32.3 Å². The summed E-state index contributed by atoms with van der Waals surface area (Å²) in [7, 11) is 0. The Bertz CT molecular complexity index is 452. The molecule has 0 aliphatic carbocycles. The molecule has 1 heterocycles. The van der Waals surface area contributed by atoms with Gasteiger partial charge in [-0.15, -0.1) is 0 Å². The molecule has 110 valence electrons. The Balaban J connectivity index is 1.80. The smallest absolute Gasteiger partial charge is 0.232 e. The third-order valence-electron chi connectivity index (χ3n) is 3.77. The number of nitrogens with zero attached hydrogens (tertiary/aromatic N) is 1. The van der Waals surface area contributed by atoms with Crippen molar-refractivity contribution in [3.63, 3.8) is 0 Å². The van der Waals surface area contributed by atoms with E-state index in [1.807, 2.05) is 25.3 Å². The van der Waals surface area contributed by atoms with Crippen LogP contribution in [-0.2, 0) is 4.79 Å². The molecule has 5 heteroatoms. The molecule has 0 aromatic heterocycles. The van der Waals surface area contributed by atoms with Crippen LogP contribution in [0.15, 0.2) is 24.3 Å².